The number of hydrogen-bond donors (Lipinski definition) is 1. The van der Waals surface area contributed by atoms with E-state index in [0.29, 0.717) is 6.42 Å². The van der Waals surface area contributed by atoms with Crippen molar-refractivity contribution in [3.05, 3.63) is 0 Å². The van der Waals surface area contributed by atoms with Crippen LogP contribution < -0.4 is 0 Å². The molecule has 0 aromatic rings. The van der Waals surface area contributed by atoms with Gasteiger partial charge in [0.1, 0.15) is 17.2 Å². The second kappa shape index (κ2) is 5.97. The van der Waals surface area contributed by atoms with Gasteiger partial charge in [0.15, 0.2) is 0 Å². The van der Waals surface area contributed by atoms with Crippen molar-refractivity contribution in [3.63, 3.8) is 0 Å². The number of ether oxygens (including phenoxy) is 1. The van der Waals surface area contributed by atoms with Crippen molar-refractivity contribution >= 4 is 12.1 Å². The third-order valence-electron chi connectivity index (χ3n) is 3.58. The molecule has 6 heteroatoms. The van der Waals surface area contributed by atoms with Crippen molar-refractivity contribution in [1.29, 1.82) is 0 Å². The molecule has 1 aliphatic rings. The standard InChI is InChI=1S/C14H24FNO4/c1-5-6-14(11(17)18)7-8-16(9-10(14)15)12(19)20-13(2,3)4/h10H,5-9H2,1-4H3,(H,17,18). The number of rotatable bonds is 3. The first kappa shape index (κ1) is 16.7. The van der Waals surface area contributed by atoms with Crippen LogP contribution in [0.3, 0.4) is 0 Å². The predicted molar refractivity (Wildman–Crippen MR) is 72.3 cm³/mol. The number of alkyl halides is 1. The van der Waals surface area contributed by atoms with E-state index < -0.39 is 29.3 Å². The monoisotopic (exact) mass is 289 g/mol. The molecule has 20 heavy (non-hydrogen) atoms. The molecule has 0 saturated carbocycles. The maximum Gasteiger partial charge on any atom is 0.410 e. The Labute approximate surface area is 119 Å². The number of hydrogen-bond acceptors (Lipinski definition) is 3. The summed E-state index contributed by atoms with van der Waals surface area (Å²) in [7, 11) is 0. The van der Waals surface area contributed by atoms with Gasteiger partial charge in [-0.1, -0.05) is 13.3 Å². The van der Waals surface area contributed by atoms with Crippen molar-refractivity contribution in [2.24, 2.45) is 5.41 Å². The lowest BCUT2D eigenvalue weighted by Crippen LogP contribution is -2.55. The molecule has 1 aliphatic heterocycles. The molecule has 1 heterocycles. The van der Waals surface area contributed by atoms with Gasteiger partial charge in [-0.15, -0.1) is 0 Å². The van der Waals surface area contributed by atoms with Crippen molar-refractivity contribution < 1.29 is 23.8 Å². The molecular weight excluding hydrogens is 265 g/mol. The van der Waals surface area contributed by atoms with Gasteiger partial charge in [0.05, 0.1) is 6.54 Å². The second-order valence-corrected chi connectivity index (χ2v) is 6.36. The molecule has 0 bridgehead atoms. The zero-order chi connectivity index (χ0) is 15.6. The van der Waals surface area contributed by atoms with Gasteiger partial charge in [0.25, 0.3) is 0 Å². The number of nitrogens with zero attached hydrogens (tertiary/aromatic N) is 1. The summed E-state index contributed by atoms with van der Waals surface area (Å²) >= 11 is 0. The van der Waals surface area contributed by atoms with Crippen molar-refractivity contribution in [2.75, 3.05) is 13.1 Å². The number of amides is 1. The van der Waals surface area contributed by atoms with E-state index in [1.54, 1.807) is 20.8 Å². The van der Waals surface area contributed by atoms with Crippen molar-refractivity contribution in [3.8, 4) is 0 Å². The van der Waals surface area contributed by atoms with Crippen LogP contribution in [0.15, 0.2) is 0 Å². The molecular formula is C14H24FNO4. The topological polar surface area (TPSA) is 66.8 Å². The summed E-state index contributed by atoms with van der Waals surface area (Å²) in [6.45, 7) is 7.03. The van der Waals surface area contributed by atoms with Crippen molar-refractivity contribution in [1.82, 2.24) is 4.90 Å². The Bertz CT molecular complexity index is 380. The Hall–Kier alpha value is -1.33. The van der Waals surface area contributed by atoms with Gasteiger partial charge in [-0.25, -0.2) is 9.18 Å². The highest BCUT2D eigenvalue weighted by atomic mass is 19.1. The average Bonchev–Trinajstić information content (AvgIpc) is 2.29. The molecule has 0 radical (unpaired) electrons. The van der Waals surface area contributed by atoms with Crippen LogP contribution in [0.2, 0.25) is 0 Å². The molecule has 1 fully saturated rings. The zero-order valence-corrected chi connectivity index (χ0v) is 12.6. The highest BCUT2D eigenvalue weighted by molar-refractivity contribution is 5.76. The number of carboxylic acid groups (broad SMARTS) is 1. The van der Waals surface area contributed by atoms with Gasteiger partial charge in [-0.2, -0.15) is 0 Å². The summed E-state index contributed by atoms with van der Waals surface area (Å²) in [6, 6.07) is 0. The minimum Gasteiger partial charge on any atom is -0.481 e. The minimum atomic E-state index is -1.57. The average molecular weight is 289 g/mol. The summed E-state index contributed by atoms with van der Waals surface area (Å²) < 4.78 is 19.5. The maximum absolute atomic E-state index is 14.4. The number of carbonyl (C=O) groups excluding carboxylic acids is 1. The number of halogens is 1. The van der Waals surface area contributed by atoms with E-state index in [1.807, 2.05) is 6.92 Å². The van der Waals surface area contributed by atoms with Gasteiger partial charge in [0.2, 0.25) is 0 Å². The Balaban J connectivity index is 2.76. The highest BCUT2D eigenvalue weighted by Crippen LogP contribution is 2.39. The summed E-state index contributed by atoms with van der Waals surface area (Å²) in [5, 5.41) is 9.33. The fraction of sp³-hybridized carbons (Fsp3) is 0.857. The van der Waals surface area contributed by atoms with E-state index in [4.69, 9.17) is 4.74 Å². The number of aliphatic carboxylic acids is 1. The summed E-state index contributed by atoms with van der Waals surface area (Å²) in [5.74, 6) is -1.12. The third kappa shape index (κ3) is 3.61. The Morgan fingerprint density at radius 1 is 1.45 bits per heavy atom. The van der Waals surface area contributed by atoms with Crippen LogP contribution in [0.25, 0.3) is 0 Å². The fourth-order valence-electron chi connectivity index (χ4n) is 2.52. The van der Waals surface area contributed by atoms with Gasteiger partial charge in [-0.05, 0) is 33.6 Å². The highest BCUT2D eigenvalue weighted by Gasteiger charge is 2.50. The molecule has 5 nitrogen and oxygen atoms in total. The normalized spacial score (nSPS) is 27.2. The smallest absolute Gasteiger partial charge is 0.410 e. The van der Waals surface area contributed by atoms with Crippen LogP contribution >= 0.6 is 0 Å². The van der Waals surface area contributed by atoms with Crippen LogP contribution in [0.1, 0.15) is 47.0 Å². The number of likely N-dealkylation sites (tertiary alicyclic amines) is 1. The molecule has 116 valence electrons. The van der Waals surface area contributed by atoms with Crippen LogP contribution in [-0.4, -0.2) is 46.9 Å². The molecule has 1 rings (SSSR count). The van der Waals surface area contributed by atoms with Gasteiger partial charge >= 0.3 is 12.1 Å². The summed E-state index contributed by atoms with van der Waals surface area (Å²) in [5.41, 5.74) is -2.01. The van der Waals surface area contributed by atoms with Gasteiger partial charge < -0.3 is 14.7 Å². The van der Waals surface area contributed by atoms with Crippen LogP contribution in [0.5, 0.6) is 0 Å². The van der Waals surface area contributed by atoms with Crippen molar-refractivity contribution in [2.45, 2.75) is 58.7 Å². The molecule has 2 atom stereocenters. The Morgan fingerprint density at radius 3 is 2.45 bits per heavy atom. The van der Waals surface area contributed by atoms with E-state index >= 15 is 0 Å². The first-order valence-corrected chi connectivity index (χ1v) is 6.98. The zero-order valence-electron chi connectivity index (χ0n) is 12.6. The minimum absolute atomic E-state index is 0.122. The van der Waals surface area contributed by atoms with Crippen LogP contribution in [-0.2, 0) is 9.53 Å². The Morgan fingerprint density at radius 2 is 2.05 bits per heavy atom. The number of piperidine rings is 1. The number of carbonyl (C=O) groups is 2. The lowest BCUT2D eigenvalue weighted by Gasteiger charge is -2.41. The molecule has 2 unspecified atom stereocenters. The Kier molecular flexibility index (Phi) is 5.00. The molecule has 1 N–H and O–H groups in total. The molecule has 0 aromatic carbocycles. The molecule has 0 aromatic heterocycles. The first-order chi connectivity index (χ1) is 9.12. The van der Waals surface area contributed by atoms with E-state index in [2.05, 4.69) is 0 Å². The van der Waals surface area contributed by atoms with E-state index in [-0.39, 0.29) is 25.9 Å². The molecule has 1 saturated heterocycles. The maximum atomic E-state index is 14.4. The fourth-order valence-corrected chi connectivity index (χ4v) is 2.52. The van der Waals surface area contributed by atoms with Gasteiger partial charge in [0, 0.05) is 6.54 Å². The van der Waals surface area contributed by atoms with Gasteiger partial charge in [-0.3, -0.25) is 4.79 Å². The van der Waals surface area contributed by atoms with Crippen LogP contribution in [0.4, 0.5) is 9.18 Å². The first-order valence-electron chi connectivity index (χ1n) is 6.98. The predicted octanol–water partition coefficient (Wildman–Crippen LogP) is 2.84. The van der Waals surface area contributed by atoms with E-state index in [0.717, 1.165) is 0 Å². The summed E-state index contributed by atoms with van der Waals surface area (Å²) in [6.07, 6.45) is -1.15. The SMILES string of the molecule is CCCC1(C(=O)O)CCN(C(=O)OC(C)(C)C)CC1F. The number of carboxylic acids is 1. The molecule has 0 spiro atoms. The van der Waals surface area contributed by atoms with Crippen LogP contribution in [0, 0.1) is 5.41 Å². The lowest BCUT2D eigenvalue weighted by atomic mass is 9.73. The molecule has 1 amide bonds. The van der Waals surface area contributed by atoms with E-state index in [9.17, 15) is 19.1 Å². The second-order valence-electron chi connectivity index (χ2n) is 6.36. The van der Waals surface area contributed by atoms with E-state index in [1.165, 1.54) is 4.90 Å². The largest absolute Gasteiger partial charge is 0.481 e. The summed E-state index contributed by atoms with van der Waals surface area (Å²) in [4.78, 5) is 24.6. The quantitative estimate of drug-likeness (QED) is 0.867. The lowest BCUT2D eigenvalue weighted by molar-refractivity contribution is -0.158. The molecule has 0 aliphatic carbocycles. The third-order valence-corrected chi connectivity index (χ3v) is 3.58.